The van der Waals surface area contributed by atoms with Crippen molar-refractivity contribution in [3.05, 3.63) is 71.3 Å². The van der Waals surface area contributed by atoms with E-state index in [0.717, 1.165) is 43.1 Å². The van der Waals surface area contributed by atoms with Crippen molar-refractivity contribution in [3.63, 3.8) is 0 Å². The molecule has 5 nitrogen and oxygen atoms in total. The zero-order valence-corrected chi connectivity index (χ0v) is 15.1. The molecule has 2 rings (SSSR count). The van der Waals surface area contributed by atoms with Crippen LogP contribution >= 0.6 is 0 Å². The summed E-state index contributed by atoms with van der Waals surface area (Å²) >= 11 is 0. The number of ketones is 1. The fraction of sp³-hybridized carbons (Fsp3) is 0.273. The van der Waals surface area contributed by atoms with E-state index in [9.17, 15) is 9.59 Å². The van der Waals surface area contributed by atoms with Crippen LogP contribution in [0, 0.1) is 0 Å². The number of unbranched alkanes of at least 4 members (excludes halogenated alkanes) is 3. The third-order valence-corrected chi connectivity index (χ3v) is 4.03. The molecule has 0 unspecified atom stereocenters. The Morgan fingerprint density at radius 2 is 1.44 bits per heavy atom. The number of carbonyl (C=O) groups excluding carboxylic acids is 1. The summed E-state index contributed by atoms with van der Waals surface area (Å²) < 4.78 is 5.66. The fourth-order valence-corrected chi connectivity index (χ4v) is 2.54. The lowest BCUT2D eigenvalue weighted by Gasteiger charge is -2.07. The van der Waals surface area contributed by atoms with Crippen LogP contribution in [0.4, 0.5) is 0 Å². The number of carboxylic acid groups (broad SMARTS) is 1. The van der Waals surface area contributed by atoms with Crippen LogP contribution in [0.25, 0.3) is 6.08 Å². The van der Waals surface area contributed by atoms with Gasteiger partial charge < -0.3 is 14.9 Å². The second-order valence-corrected chi connectivity index (χ2v) is 6.13. The van der Waals surface area contributed by atoms with Crippen LogP contribution in [-0.4, -0.2) is 35.2 Å². The average molecular weight is 368 g/mol. The largest absolute Gasteiger partial charge is 0.494 e. The van der Waals surface area contributed by atoms with Crippen LogP contribution in [0.2, 0.25) is 0 Å². The monoisotopic (exact) mass is 368 g/mol. The maximum Gasteiger partial charge on any atom is 0.328 e. The summed E-state index contributed by atoms with van der Waals surface area (Å²) in [5.74, 6) is -0.384. The minimum Gasteiger partial charge on any atom is -0.494 e. The molecule has 2 aromatic rings. The van der Waals surface area contributed by atoms with E-state index < -0.39 is 5.97 Å². The summed E-state index contributed by atoms with van der Waals surface area (Å²) in [4.78, 5) is 23.0. The van der Waals surface area contributed by atoms with Crippen molar-refractivity contribution >= 4 is 17.8 Å². The van der Waals surface area contributed by atoms with Crippen molar-refractivity contribution in [2.75, 3.05) is 13.2 Å². The average Bonchev–Trinajstić information content (AvgIpc) is 2.69. The van der Waals surface area contributed by atoms with E-state index in [1.807, 2.05) is 0 Å². The molecule has 2 aromatic carbocycles. The number of aliphatic hydroxyl groups excluding tert-OH is 1. The Hall–Kier alpha value is -2.92. The topological polar surface area (TPSA) is 83.8 Å². The van der Waals surface area contributed by atoms with Gasteiger partial charge >= 0.3 is 5.97 Å². The van der Waals surface area contributed by atoms with Gasteiger partial charge in [0.15, 0.2) is 5.78 Å². The van der Waals surface area contributed by atoms with Gasteiger partial charge in [0.1, 0.15) is 5.75 Å². The van der Waals surface area contributed by atoms with Crippen LogP contribution in [0.1, 0.15) is 47.2 Å². The van der Waals surface area contributed by atoms with Gasteiger partial charge in [0.25, 0.3) is 0 Å². The highest BCUT2D eigenvalue weighted by atomic mass is 16.5. The van der Waals surface area contributed by atoms with E-state index >= 15 is 0 Å². The maximum atomic E-state index is 12.5. The van der Waals surface area contributed by atoms with Gasteiger partial charge in [0.05, 0.1) is 6.61 Å². The summed E-state index contributed by atoms with van der Waals surface area (Å²) in [6.07, 6.45) is 6.32. The number of carboxylic acids is 1. The Bertz CT molecular complexity index is 760. The first-order valence-electron chi connectivity index (χ1n) is 8.99. The number of aliphatic carboxylic acids is 1. The Kier molecular flexibility index (Phi) is 8.26. The molecule has 0 aliphatic heterocycles. The lowest BCUT2D eigenvalue weighted by Crippen LogP contribution is -2.02. The Morgan fingerprint density at radius 3 is 2.04 bits per heavy atom. The predicted molar refractivity (Wildman–Crippen MR) is 104 cm³/mol. The Labute approximate surface area is 158 Å². The van der Waals surface area contributed by atoms with Crippen molar-refractivity contribution < 1.29 is 24.5 Å². The zero-order valence-electron chi connectivity index (χ0n) is 15.1. The molecule has 142 valence electrons. The lowest BCUT2D eigenvalue weighted by atomic mass is 10.0. The highest BCUT2D eigenvalue weighted by Gasteiger charge is 2.09. The summed E-state index contributed by atoms with van der Waals surface area (Å²) in [6, 6.07) is 13.8. The van der Waals surface area contributed by atoms with Crippen molar-refractivity contribution in [1.82, 2.24) is 0 Å². The molecule has 0 fully saturated rings. The number of rotatable bonds is 11. The second kappa shape index (κ2) is 10.9. The van der Waals surface area contributed by atoms with Gasteiger partial charge in [0.2, 0.25) is 0 Å². The minimum absolute atomic E-state index is 0.0979. The first-order chi connectivity index (χ1) is 13.1. The van der Waals surface area contributed by atoms with Crippen molar-refractivity contribution in [2.24, 2.45) is 0 Å². The van der Waals surface area contributed by atoms with E-state index in [4.69, 9.17) is 14.9 Å². The highest BCUT2D eigenvalue weighted by Crippen LogP contribution is 2.17. The number of aliphatic hydroxyl groups is 1. The van der Waals surface area contributed by atoms with Crippen molar-refractivity contribution in [1.29, 1.82) is 0 Å². The third kappa shape index (κ3) is 7.07. The molecule has 0 aliphatic carbocycles. The van der Waals surface area contributed by atoms with Crippen LogP contribution in [0.3, 0.4) is 0 Å². The molecule has 0 saturated heterocycles. The van der Waals surface area contributed by atoms with Crippen molar-refractivity contribution in [3.8, 4) is 5.75 Å². The van der Waals surface area contributed by atoms with Gasteiger partial charge in [-0.05, 0) is 55.2 Å². The first-order valence-corrected chi connectivity index (χ1v) is 8.99. The predicted octanol–water partition coefficient (Wildman–Crippen LogP) is 3.95. The molecular formula is C22H24O5. The van der Waals surface area contributed by atoms with Gasteiger partial charge in [-0.1, -0.05) is 30.7 Å². The normalized spacial score (nSPS) is 10.9. The minimum atomic E-state index is -1.01. The molecule has 0 bridgehead atoms. The summed E-state index contributed by atoms with van der Waals surface area (Å²) in [5, 5.41) is 17.4. The van der Waals surface area contributed by atoms with E-state index in [2.05, 4.69) is 0 Å². The molecule has 0 amide bonds. The molecule has 0 atom stereocenters. The molecule has 0 saturated carbocycles. The molecule has 5 heteroatoms. The van der Waals surface area contributed by atoms with Gasteiger partial charge in [-0.3, -0.25) is 4.79 Å². The molecular weight excluding hydrogens is 344 g/mol. The molecule has 0 spiro atoms. The SMILES string of the molecule is O=C(O)/C=C/c1ccc(C(=O)c2ccc(OCCCCCCO)cc2)cc1. The Balaban J connectivity index is 1.88. The fourth-order valence-electron chi connectivity index (χ4n) is 2.54. The quantitative estimate of drug-likeness (QED) is 0.356. The lowest BCUT2D eigenvalue weighted by molar-refractivity contribution is -0.131. The van der Waals surface area contributed by atoms with Gasteiger partial charge in [-0.25, -0.2) is 4.79 Å². The van der Waals surface area contributed by atoms with Crippen LogP contribution < -0.4 is 4.74 Å². The van der Waals surface area contributed by atoms with E-state index in [1.54, 1.807) is 48.5 Å². The van der Waals surface area contributed by atoms with Gasteiger partial charge in [-0.2, -0.15) is 0 Å². The van der Waals surface area contributed by atoms with Crippen LogP contribution in [0.15, 0.2) is 54.6 Å². The molecule has 0 aliphatic rings. The van der Waals surface area contributed by atoms with E-state index in [0.29, 0.717) is 17.7 Å². The van der Waals surface area contributed by atoms with E-state index in [1.165, 1.54) is 6.08 Å². The van der Waals surface area contributed by atoms with Gasteiger partial charge in [0, 0.05) is 23.8 Å². The number of hydrogen-bond acceptors (Lipinski definition) is 4. The third-order valence-electron chi connectivity index (χ3n) is 4.03. The highest BCUT2D eigenvalue weighted by molar-refractivity contribution is 6.09. The van der Waals surface area contributed by atoms with Crippen LogP contribution in [0.5, 0.6) is 5.75 Å². The summed E-state index contributed by atoms with van der Waals surface area (Å²) in [5.41, 5.74) is 1.83. The smallest absolute Gasteiger partial charge is 0.328 e. The molecule has 0 aromatic heterocycles. The number of hydrogen-bond donors (Lipinski definition) is 2. The zero-order chi connectivity index (χ0) is 19.5. The standard InChI is InChI=1S/C22H24O5/c23-15-3-1-2-4-16-27-20-12-10-19(11-13-20)22(26)18-8-5-17(6-9-18)7-14-21(24)25/h5-14,23H,1-4,15-16H2,(H,24,25)/b14-7+. The summed E-state index contributed by atoms with van der Waals surface area (Å²) in [6.45, 7) is 0.849. The number of carbonyl (C=O) groups is 2. The first kappa shape index (κ1) is 20.4. The van der Waals surface area contributed by atoms with Crippen LogP contribution in [-0.2, 0) is 4.79 Å². The molecule has 2 N–H and O–H groups in total. The molecule has 27 heavy (non-hydrogen) atoms. The van der Waals surface area contributed by atoms with Crippen molar-refractivity contribution in [2.45, 2.75) is 25.7 Å². The maximum absolute atomic E-state index is 12.5. The van der Waals surface area contributed by atoms with E-state index in [-0.39, 0.29) is 12.4 Å². The van der Waals surface area contributed by atoms with Gasteiger partial charge in [-0.15, -0.1) is 0 Å². The number of benzene rings is 2. The Morgan fingerprint density at radius 1 is 0.852 bits per heavy atom. The molecule has 0 radical (unpaired) electrons. The second-order valence-electron chi connectivity index (χ2n) is 6.13. The molecule has 0 heterocycles. The summed E-state index contributed by atoms with van der Waals surface area (Å²) in [7, 11) is 0. The number of ether oxygens (including phenoxy) is 1.